The molecule has 0 fully saturated rings. The zero-order valence-electron chi connectivity index (χ0n) is 12.0. The average molecular weight is 274 g/mol. The summed E-state index contributed by atoms with van der Waals surface area (Å²) < 4.78 is 0. The third kappa shape index (κ3) is 15.3. The Hall–Kier alpha value is -0.610. The van der Waals surface area contributed by atoms with E-state index < -0.39 is 12.1 Å². The van der Waals surface area contributed by atoms with E-state index in [1.54, 1.807) is 0 Å². The first-order valence-corrected chi connectivity index (χ1v) is 7.67. The molecule has 4 heteroatoms. The number of aliphatic carboxylic acids is 1. The minimum atomic E-state index is -0.689. The number of aliphatic hydroxyl groups is 2. The Morgan fingerprint density at radius 2 is 1.21 bits per heavy atom. The molecule has 0 rings (SSSR count). The number of unbranched alkanes of at least 4 members (excludes halogenated alkanes) is 9. The second-order valence-electron chi connectivity index (χ2n) is 5.30. The van der Waals surface area contributed by atoms with Crippen LogP contribution in [0.4, 0.5) is 0 Å². The Balaban J connectivity index is 3.01. The second-order valence-corrected chi connectivity index (χ2v) is 5.30. The quantitative estimate of drug-likeness (QED) is 0.425. The van der Waals surface area contributed by atoms with Crippen molar-refractivity contribution in [3.05, 3.63) is 0 Å². The molecule has 0 aromatic rings. The van der Waals surface area contributed by atoms with E-state index in [1.165, 1.54) is 32.1 Å². The number of rotatable bonds is 14. The van der Waals surface area contributed by atoms with Gasteiger partial charge in [0.1, 0.15) is 0 Å². The van der Waals surface area contributed by atoms with Crippen LogP contribution in [0.1, 0.15) is 77.0 Å². The first kappa shape index (κ1) is 18.4. The lowest BCUT2D eigenvalue weighted by atomic mass is 10.0. The molecule has 0 radical (unpaired) electrons. The molecular weight excluding hydrogens is 244 g/mol. The highest BCUT2D eigenvalue weighted by atomic mass is 16.4. The molecule has 0 saturated carbocycles. The van der Waals surface area contributed by atoms with E-state index in [1.807, 2.05) is 0 Å². The van der Waals surface area contributed by atoms with E-state index >= 15 is 0 Å². The average Bonchev–Trinajstić information content (AvgIpc) is 2.39. The van der Waals surface area contributed by atoms with E-state index in [-0.39, 0.29) is 6.61 Å². The Morgan fingerprint density at radius 1 is 0.789 bits per heavy atom. The van der Waals surface area contributed by atoms with Crippen LogP contribution in [0.3, 0.4) is 0 Å². The van der Waals surface area contributed by atoms with E-state index in [0.29, 0.717) is 12.8 Å². The molecule has 1 unspecified atom stereocenters. The number of carboxylic acid groups (broad SMARTS) is 1. The summed E-state index contributed by atoms with van der Waals surface area (Å²) in [6, 6.07) is 0. The summed E-state index contributed by atoms with van der Waals surface area (Å²) in [5, 5.41) is 26.3. The van der Waals surface area contributed by atoms with Crippen LogP contribution in [0.25, 0.3) is 0 Å². The monoisotopic (exact) mass is 274 g/mol. The van der Waals surface area contributed by atoms with Gasteiger partial charge in [-0.3, -0.25) is 4.79 Å². The molecular formula is C15H30O4. The topological polar surface area (TPSA) is 77.8 Å². The van der Waals surface area contributed by atoms with Crippen molar-refractivity contribution in [2.75, 3.05) is 6.61 Å². The number of carbonyl (C=O) groups is 1. The zero-order valence-corrected chi connectivity index (χ0v) is 12.0. The maximum Gasteiger partial charge on any atom is 0.303 e. The van der Waals surface area contributed by atoms with Gasteiger partial charge < -0.3 is 15.3 Å². The predicted molar refractivity (Wildman–Crippen MR) is 76.1 cm³/mol. The normalized spacial score (nSPS) is 12.5. The van der Waals surface area contributed by atoms with Crippen molar-refractivity contribution < 1.29 is 20.1 Å². The van der Waals surface area contributed by atoms with Gasteiger partial charge >= 0.3 is 5.97 Å². The Bertz CT molecular complexity index is 206. The van der Waals surface area contributed by atoms with Crippen LogP contribution in [0, 0.1) is 0 Å². The molecule has 0 saturated heterocycles. The molecule has 0 aliphatic heterocycles. The van der Waals surface area contributed by atoms with Gasteiger partial charge in [0.05, 0.1) is 12.7 Å². The highest BCUT2D eigenvalue weighted by Crippen LogP contribution is 2.12. The summed E-state index contributed by atoms with van der Waals surface area (Å²) in [7, 11) is 0. The van der Waals surface area contributed by atoms with Crippen molar-refractivity contribution >= 4 is 5.97 Å². The fourth-order valence-electron chi connectivity index (χ4n) is 2.16. The molecule has 0 aliphatic carbocycles. The SMILES string of the molecule is O=C(O)CCCCCCCCCCCCC(O)CO. The molecule has 3 N–H and O–H groups in total. The molecule has 1 atom stereocenters. The first-order chi connectivity index (χ1) is 9.16. The fourth-order valence-corrected chi connectivity index (χ4v) is 2.16. The third-order valence-electron chi connectivity index (χ3n) is 3.39. The van der Waals surface area contributed by atoms with Crippen molar-refractivity contribution in [1.82, 2.24) is 0 Å². The van der Waals surface area contributed by atoms with E-state index in [2.05, 4.69) is 0 Å². The van der Waals surface area contributed by atoms with Crippen LogP contribution in [0.2, 0.25) is 0 Å². The van der Waals surface area contributed by atoms with Crippen LogP contribution >= 0.6 is 0 Å². The van der Waals surface area contributed by atoms with Crippen LogP contribution in [0.15, 0.2) is 0 Å². The van der Waals surface area contributed by atoms with Gasteiger partial charge in [0.2, 0.25) is 0 Å². The van der Waals surface area contributed by atoms with Gasteiger partial charge in [-0.1, -0.05) is 57.8 Å². The van der Waals surface area contributed by atoms with Crippen molar-refractivity contribution in [3.8, 4) is 0 Å². The Kier molecular flexibility index (Phi) is 13.4. The van der Waals surface area contributed by atoms with Gasteiger partial charge in [-0.05, 0) is 12.8 Å². The lowest BCUT2D eigenvalue weighted by molar-refractivity contribution is -0.137. The van der Waals surface area contributed by atoms with Gasteiger partial charge in [-0.2, -0.15) is 0 Å². The summed E-state index contributed by atoms with van der Waals surface area (Å²) in [5.74, 6) is -0.689. The standard InChI is InChI=1S/C15H30O4/c16-13-14(17)11-9-7-5-3-1-2-4-6-8-10-12-15(18)19/h14,16-17H,1-13H2,(H,18,19). The summed E-state index contributed by atoms with van der Waals surface area (Å²) in [5.41, 5.74) is 0. The Labute approximate surface area is 116 Å². The second kappa shape index (κ2) is 13.8. The molecule has 19 heavy (non-hydrogen) atoms. The van der Waals surface area contributed by atoms with Gasteiger partial charge in [0.15, 0.2) is 0 Å². The number of aliphatic hydroxyl groups excluding tert-OH is 2. The molecule has 0 spiro atoms. The lowest BCUT2D eigenvalue weighted by Crippen LogP contribution is -2.10. The highest BCUT2D eigenvalue weighted by molar-refractivity contribution is 5.66. The number of hydrogen-bond acceptors (Lipinski definition) is 3. The number of carboxylic acids is 1. The predicted octanol–water partition coefficient (Wildman–Crippen LogP) is 3.11. The smallest absolute Gasteiger partial charge is 0.303 e. The summed E-state index contributed by atoms with van der Waals surface area (Å²) in [6.45, 7) is -0.123. The molecule has 0 aromatic heterocycles. The van der Waals surface area contributed by atoms with E-state index in [9.17, 15) is 4.79 Å². The largest absolute Gasteiger partial charge is 0.481 e. The van der Waals surface area contributed by atoms with Gasteiger partial charge in [0, 0.05) is 6.42 Å². The maximum atomic E-state index is 10.3. The molecule has 4 nitrogen and oxygen atoms in total. The molecule has 0 aromatic carbocycles. The van der Waals surface area contributed by atoms with E-state index in [0.717, 1.165) is 32.1 Å². The van der Waals surface area contributed by atoms with Crippen LogP contribution < -0.4 is 0 Å². The molecule has 0 amide bonds. The summed E-state index contributed by atoms with van der Waals surface area (Å²) in [4.78, 5) is 10.3. The van der Waals surface area contributed by atoms with Gasteiger partial charge in [-0.25, -0.2) is 0 Å². The van der Waals surface area contributed by atoms with E-state index in [4.69, 9.17) is 15.3 Å². The van der Waals surface area contributed by atoms with Gasteiger partial charge in [0.25, 0.3) is 0 Å². The Morgan fingerprint density at radius 3 is 1.63 bits per heavy atom. The first-order valence-electron chi connectivity index (χ1n) is 7.67. The molecule has 0 heterocycles. The molecule has 114 valence electrons. The number of hydrogen-bond donors (Lipinski definition) is 3. The van der Waals surface area contributed by atoms with Crippen molar-refractivity contribution in [3.63, 3.8) is 0 Å². The van der Waals surface area contributed by atoms with Crippen LogP contribution in [-0.2, 0) is 4.79 Å². The fraction of sp³-hybridized carbons (Fsp3) is 0.933. The molecule has 0 aliphatic rings. The van der Waals surface area contributed by atoms with Crippen molar-refractivity contribution in [2.24, 2.45) is 0 Å². The lowest BCUT2D eigenvalue weighted by Gasteiger charge is -2.06. The van der Waals surface area contributed by atoms with Crippen molar-refractivity contribution in [2.45, 2.75) is 83.2 Å². The minimum Gasteiger partial charge on any atom is -0.481 e. The third-order valence-corrected chi connectivity index (χ3v) is 3.39. The zero-order chi connectivity index (χ0) is 14.3. The minimum absolute atomic E-state index is 0.123. The van der Waals surface area contributed by atoms with Crippen LogP contribution in [-0.4, -0.2) is 34.0 Å². The van der Waals surface area contributed by atoms with Crippen LogP contribution in [0.5, 0.6) is 0 Å². The highest BCUT2D eigenvalue weighted by Gasteiger charge is 2.00. The maximum absolute atomic E-state index is 10.3. The summed E-state index contributed by atoms with van der Waals surface area (Å²) >= 11 is 0. The summed E-state index contributed by atoms with van der Waals surface area (Å²) in [6.07, 6.45) is 11.7. The van der Waals surface area contributed by atoms with Gasteiger partial charge in [-0.15, -0.1) is 0 Å². The molecule has 0 bridgehead atoms. The van der Waals surface area contributed by atoms with Crippen molar-refractivity contribution in [1.29, 1.82) is 0 Å².